The Morgan fingerprint density at radius 1 is 0.422 bits per heavy atom. The van der Waals surface area contributed by atoms with Crippen molar-refractivity contribution in [1.29, 1.82) is 0 Å². The molecule has 0 radical (unpaired) electrons. The van der Waals surface area contributed by atoms with Gasteiger partial charge in [0.2, 0.25) is 0 Å². The van der Waals surface area contributed by atoms with Crippen molar-refractivity contribution in [1.82, 2.24) is 4.57 Å². The summed E-state index contributed by atoms with van der Waals surface area (Å²) in [5.41, 5.74) is 12.1. The summed E-state index contributed by atoms with van der Waals surface area (Å²) in [5.74, 6) is 0. The highest BCUT2D eigenvalue weighted by Crippen LogP contribution is 2.37. The minimum absolute atomic E-state index is 0.881. The highest BCUT2D eigenvalue weighted by atomic mass is 16.3. The first-order chi connectivity index (χ1) is 22.3. The Labute approximate surface area is 260 Å². The van der Waals surface area contributed by atoms with Gasteiger partial charge >= 0.3 is 0 Å². The average Bonchev–Trinajstić information content (AvgIpc) is 3.64. The Morgan fingerprint density at radius 2 is 1.09 bits per heavy atom. The predicted octanol–water partition coefficient (Wildman–Crippen LogP) is 11.8. The van der Waals surface area contributed by atoms with Crippen LogP contribution in [0.2, 0.25) is 0 Å². The van der Waals surface area contributed by atoms with Gasteiger partial charge in [-0.15, -0.1) is 0 Å². The van der Waals surface area contributed by atoms with E-state index in [1.807, 2.05) is 18.2 Å². The minimum atomic E-state index is 0.881. The Hall–Kier alpha value is -6.06. The number of furan rings is 1. The fourth-order valence-corrected chi connectivity index (χ4v) is 6.65. The lowest BCUT2D eigenvalue weighted by molar-refractivity contribution is 0.669. The molecule has 0 spiro atoms. The topological polar surface area (TPSA) is 30.1 Å². The molecule has 212 valence electrons. The van der Waals surface area contributed by atoms with Crippen molar-refractivity contribution < 1.29 is 4.42 Å². The highest BCUT2D eigenvalue weighted by molar-refractivity contribution is 6.10. The van der Waals surface area contributed by atoms with E-state index in [0.29, 0.717) is 0 Å². The largest absolute Gasteiger partial charge is 0.456 e. The molecular formula is C42H28N2O. The van der Waals surface area contributed by atoms with E-state index in [0.717, 1.165) is 44.4 Å². The lowest BCUT2D eigenvalue weighted by Gasteiger charge is -2.13. The SMILES string of the molecule is c1ccc(-n2c3ccccc3c3cc(-c4ccc(-c5ccccc5Nc5ccc6c(c5)oc5ccccc56)cc4)ccc32)cc1. The highest BCUT2D eigenvalue weighted by Gasteiger charge is 2.14. The molecule has 0 aliphatic carbocycles. The fourth-order valence-electron chi connectivity index (χ4n) is 6.65. The maximum Gasteiger partial charge on any atom is 0.137 e. The number of rotatable bonds is 5. The zero-order chi connectivity index (χ0) is 29.7. The number of hydrogen-bond donors (Lipinski definition) is 1. The van der Waals surface area contributed by atoms with Crippen LogP contribution in [0.5, 0.6) is 0 Å². The van der Waals surface area contributed by atoms with E-state index in [1.54, 1.807) is 0 Å². The molecule has 7 aromatic carbocycles. The zero-order valence-corrected chi connectivity index (χ0v) is 24.4. The van der Waals surface area contributed by atoms with Crippen LogP contribution in [0.15, 0.2) is 168 Å². The van der Waals surface area contributed by atoms with Gasteiger partial charge in [0.1, 0.15) is 11.2 Å². The van der Waals surface area contributed by atoms with Gasteiger partial charge in [0.15, 0.2) is 0 Å². The predicted molar refractivity (Wildman–Crippen MR) is 189 cm³/mol. The molecule has 9 aromatic rings. The Bertz CT molecular complexity index is 2500. The lowest BCUT2D eigenvalue weighted by Crippen LogP contribution is -1.93. The van der Waals surface area contributed by atoms with E-state index < -0.39 is 0 Å². The zero-order valence-electron chi connectivity index (χ0n) is 24.4. The van der Waals surface area contributed by atoms with Gasteiger partial charge in [0.25, 0.3) is 0 Å². The number of benzene rings is 7. The number of para-hydroxylation sites is 4. The Morgan fingerprint density at radius 3 is 1.98 bits per heavy atom. The number of nitrogens with one attached hydrogen (secondary N) is 1. The van der Waals surface area contributed by atoms with Gasteiger partial charge in [-0.2, -0.15) is 0 Å². The summed E-state index contributed by atoms with van der Waals surface area (Å²) >= 11 is 0. The third-order valence-electron chi connectivity index (χ3n) is 8.80. The molecule has 0 saturated carbocycles. The molecule has 2 aromatic heterocycles. The first-order valence-electron chi connectivity index (χ1n) is 15.3. The van der Waals surface area contributed by atoms with Crippen molar-refractivity contribution in [2.75, 3.05) is 5.32 Å². The molecule has 45 heavy (non-hydrogen) atoms. The molecule has 0 unspecified atom stereocenters. The van der Waals surface area contributed by atoms with Crippen LogP contribution in [-0.4, -0.2) is 4.57 Å². The summed E-state index contributed by atoms with van der Waals surface area (Å²) < 4.78 is 8.49. The number of aromatic nitrogens is 1. The van der Waals surface area contributed by atoms with Crippen molar-refractivity contribution in [3.63, 3.8) is 0 Å². The van der Waals surface area contributed by atoms with Crippen molar-refractivity contribution >= 4 is 55.1 Å². The van der Waals surface area contributed by atoms with Gasteiger partial charge in [-0.25, -0.2) is 0 Å². The summed E-state index contributed by atoms with van der Waals surface area (Å²) in [7, 11) is 0. The Kier molecular flexibility index (Phi) is 5.82. The molecule has 0 aliphatic rings. The van der Waals surface area contributed by atoms with Gasteiger partial charge in [-0.1, -0.05) is 103 Å². The van der Waals surface area contributed by atoms with Crippen LogP contribution in [0.3, 0.4) is 0 Å². The van der Waals surface area contributed by atoms with Crippen LogP contribution in [0.4, 0.5) is 11.4 Å². The molecule has 0 aliphatic heterocycles. The summed E-state index contributed by atoms with van der Waals surface area (Å²) in [6.45, 7) is 0. The standard InChI is InChI=1S/C42H28N2O/c1-2-10-32(11-3-1)44-39-16-8-5-13-34(39)37-26-30(22-25-40(37)44)28-18-20-29(21-19-28)33-12-4-7-15-38(33)43-31-23-24-36-35-14-6-9-17-41(35)45-42(36)27-31/h1-27,43H. The summed E-state index contributed by atoms with van der Waals surface area (Å²) in [6.07, 6.45) is 0. The lowest BCUT2D eigenvalue weighted by atomic mass is 9.98. The quantitative estimate of drug-likeness (QED) is 0.221. The second kappa shape index (κ2) is 10.3. The second-order valence-corrected chi connectivity index (χ2v) is 11.5. The van der Waals surface area contributed by atoms with Gasteiger partial charge in [0.05, 0.1) is 11.0 Å². The monoisotopic (exact) mass is 576 g/mol. The molecule has 2 heterocycles. The number of anilines is 2. The first-order valence-corrected chi connectivity index (χ1v) is 15.3. The minimum Gasteiger partial charge on any atom is -0.456 e. The van der Waals surface area contributed by atoms with Crippen molar-refractivity contribution in [2.24, 2.45) is 0 Å². The molecule has 0 fully saturated rings. The number of fused-ring (bicyclic) bond motifs is 6. The van der Waals surface area contributed by atoms with Crippen molar-refractivity contribution in [3.8, 4) is 27.9 Å². The van der Waals surface area contributed by atoms with E-state index >= 15 is 0 Å². The third kappa shape index (κ3) is 4.29. The van der Waals surface area contributed by atoms with E-state index in [-0.39, 0.29) is 0 Å². The maximum atomic E-state index is 6.13. The van der Waals surface area contributed by atoms with Crippen LogP contribution < -0.4 is 5.32 Å². The molecule has 0 bridgehead atoms. The van der Waals surface area contributed by atoms with Gasteiger partial charge in [-0.3, -0.25) is 0 Å². The van der Waals surface area contributed by atoms with Gasteiger partial charge < -0.3 is 14.3 Å². The number of hydrogen-bond acceptors (Lipinski definition) is 2. The summed E-state index contributed by atoms with van der Waals surface area (Å²) in [6, 6.07) is 57.9. The molecular weight excluding hydrogens is 548 g/mol. The number of nitrogens with zero attached hydrogens (tertiary/aromatic N) is 1. The van der Waals surface area contributed by atoms with E-state index in [2.05, 4.69) is 155 Å². The maximum absolute atomic E-state index is 6.13. The molecule has 3 heteroatoms. The smallest absolute Gasteiger partial charge is 0.137 e. The van der Waals surface area contributed by atoms with E-state index in [1.165, 1.54) is 38.6 Å². The Balaban J connectivity index is 1.06. The molecule has 0 atom stereocenters. The summed E-state index contributed by atoms with van der Waals surface area (Å²) in [4.78, 5) is 0. The average molecular weight is 577 g/mol. The molecule has 1 N–H and O–H groups in total. The van der Waals surface area contributed by atoms with Gasteiger partial charge in [-0.05, 0) is 71.3 Å². The third-order valence-corrected chi connectivity index (χ3v) is 8.80. The molecule has 0 saturated heterocycles. The van der Waals surface area contributed by atoms with Crippen LogP contribution in [0.1, 0.15) is 0 Å². The van der Waals surface area contributed by atoms with Crippen LogP contribution >= 0.6 is 0 Å². The van der Waals surface area contributed by atoms with Crippen LogP contribution in [-0.2, 0) is 0 Å². The van der Waals surface area contributed by atoms with Crippen molar-refractivity contribution in [3.05, 3.63) is 164 Å². The first kappa shape index (κ1) is 25.4. The second-order valence-electron chi connectivity index (χ2n) is 11.5. The van der Waals surface area contributed by atoms with Crippen molar-refractivity contribution in [2.45, 2.75) is 0 Å². The molecule has 0 amide bonds. The summed E-state index contributed by atoms with van der Waals surface area (Å²) in [5, 5.41) is 8.43. The van der Waals surface area contributed by atoms with Crippen LogP contribution in [0, 0.1) is 0 Å². The molecule has 9 rings (SSSR count). The van der Waals surface area contributed by atoms with Gasteiger partial charge in [0, 0.05) is 50.2 Å². The molecule has 3 nitrogen and oxygen atoms in total. The fraction of sp³-hybridized carbons (Fsp3) is 0. The normalized spacial score (nSPS) is 11.6. The van der Waals surface area contributed by atoms with E-state index in [4.69, 9.17) is 4.42 Å². The van der Waals surface area contributed by atoms with E-state index in [9.17, 15) is 0 Å². The van der Waals surface area contributed by atoms with Crippen LogP contribution in [0.25, 0.3) is 71.7 Å².